The number of nitrogens with one attached hydrogen (secondary N) is 1. The quantitative estimate of drug-likeness (QED) is 0.424. The van der Waals surface area contributed by atoms with E-state index in [9.17, 15) is 18.0 Å². The zero-order valence-electron chi connectivity index (χ0n) is 14.4. The third kappa shape index (κ3) is 5.68. The number of carbonyl (C=O) groups excluding carboxylic acids is 1. The molecule has 1 heterocycles. The highest BCUT2D eigenvalue weighted by Gasteiger charge is 2.17. The average Bonchev–Trinajstić information content (AvgIpc) is 3.12. The van der Waals surface area contributed by atoms with Crippen molar-refractivity contribution in [2.24, 2.45) is 0 Å². The van der Waals surface area contributed by atoms with Crippen LogP contribution in [0.15, 0.2) is 57.4 Å². The van der Waals surface area contributed by atoms with E-state index in [1.54, 1.807) is 18.2 Å². The van der Waals surface area contributed by atoms with Gasteiger partial charge in [-0.15, -0.1) is 0 Å². The molecule has 0 saturated heterocycles. The van der Waals surface area contributed by atoms with Gasteiger partial charge < -0.3 is 19.2 Å². The molecule has 1 amide bonds. The Hall–Kier alpha value is -2.65. The summed E-state index contributed by atoms with van der Waals surface area (Å²) < 4.78 is 54.1. The molecule has 0 radical (unpaired) electrons. The minimum absolute atomic E-state index is 0.00489. The van der Waals surface area contributed by atoms with E-state index in [1.807, 2.05) is 0 Å². The Bertz CT molecular complexity index is 1030. The number of amides is 1. The highest BCUT2D eigenvalue weighted by Crippen LogP contribution is 2.29. The number of anilines is 1. The van der Waals surface area contributed by atoms with Gasteiger partial charge in [-0.25, -0.2) is 4.39 Å². The number of furan rings is 1. The number of carbonyl (C=O) groups is 1. The van der Waals surface area contributed by atoms with E-state index in [1.165, 1.54) is 12.1 Å². The molecule has 2 aromatic carbocycles. The Morgan fingerprint density at radius 1 is 1.14 bits per heavy atom. The van der Waals surface area contributed by atoms with Crippen LogP contribution < -0.4 is 14.8 Å². The van der Waals surface area contributed by atoms with Crippen molar-refractivity contribution >= 4 is 39.1 Å². The Labute approximate surface area is 176 Å². The number of halogens is 5. The molecule has 0 aliphatic carbocycles. The number of hydrogen-bond donors (Lipinski definition) is 1. The third-order valence-corrected chi connectivity index (χ3v) is 4.35. The summed E-state index contributed by atoms with van der Waals surface area (Å²) in [5, 5.41) is 2.73. The molecule has 0 saturated carbocycles. The van der Waals surface area contributed by atoms with Gasteiger partial charge in [-0.05, 0) is 42.5 Å². The fourth-order valence-corrected chi connectivity index (χ4v) is 3.02. The molecule has 0 fully saturated rings. The van der Waals surface area contributed by atoms with Gasteiger partial charge in [-0.1, -0.05) is 27.5 Å². The van der Waals surface area contributed by atoms with Crippen molar-refractivity contribution in [1.29, 1.82) is 0 Å². The molecule has 152 valence electrons. The molecule has 1 aromatic heterocycles. The second kappa shape index (κ2) is 9.23. The monoisotopic (exact) mass is 489 g/mol. The first-order valence-electron chi connectivity index (χ1n) is 8.04. The SMILES string of the molecule is O=C(Nc1ccc(F)cc1OC(F)F)c1ccc(COc2ccc(Br)cc2Cl)o1. The third-order valence-electron chi connectivity index (χ3n) is 3.56. The highest BCUT2D eigenvalue weighted by molar-refractivity contribution is 9.10. The minimum atomic E-state index is -3.18. The molecular formula is C19H12BrClF3NO4. The van der Waals surface area contributed by atoms with E-state index in [0.29, 0.717) is 16.5 Å². The first-order valence-corrected chi connectivity index (χ1v) is 9.21. The largest absolute Gasteiger partial charge is 0.484 e. The molecule has 3 rings (SSSR count). The standard InChI is InChI=1S/C19H12BrClF3NO4/c20-10-1-5-15(13(21)7-10)27-9-12-3-6-16(28-12)18(26)25-14-4-2-11(22)8-17(14)29-19(23)24/h1-8,19H,9H2,(H,25,26). The van der Waals surface area contributed by atoms with Crippen molar-refractivity contribution in [3.05, 3.63) is 75.4 Å². The van der Waals surface area contributed by atoms with Crippen molar-refractivity contribution in [1.82, 2.24) is 0 Å². The van der Waals surface area contributed by atoms with Gasteiger partial charge in [0.2, 0.25) is 0 Å². The summed E-state index contributed by atoms with van der Waals surface area (Å²) in [5.41, 5.74) is -0.132. The van der Waals surface area contributed by atoms with Gasteiger partial charge in [0.05, 0.1) is 10.7 Å². The molecule has 0 atom stereocenters. The summed E-state index contributed by atoms with van der Waals surface area (Å²) >= 11 is 9.35. The maximum atomic E-state index is 13.3. The predicted octanol–water partition coefficient (Wildman–Crippen LogP) is 6.27. The van der Waals surface area contributed by atoms with E-state index >= 15 is 0 Å². The summed E-state index contributed by atoms with van der Waals surface area (Å²) in [5.74, 6) is -1.37. The second-order valence-electron chi connectivity index (χ2n) is 5.60. The number of hydrogen-bond acceptors (Lipinski definition) is 4. The van der Waals surface area contributed by atoms with Gasteiger partial charge in [0.25, 0.3) is 5.91 Å². The van der Waals surface area contributed by atoms with E-state index < -0.39 is 24.1 Å². The van der Waals surface area contributed by atoms with E-state index in [0.717, 1.165) is 22.7 Å². The smallest absolute Gasteiger partial charge is 0.387 e. The number of ether oxygens (including phenoxy) is 2. The van der Waals surface area contributed by atoms with E-state index in [4.69, 9.17) is 20.8 Å². The van der Waals surface area contributed by atoms with Crippen molar-refractivity contribution in [3.8, 4) is 11.5 Å². The van der Waals surface area contributed by atoms with Crippen molar-refractivity contribution < 1.29 is 31.9 Å². The minimum Gasteiger partial charge on any atom is -0.484 e. The molecule has 0 spiro atoms. The maximum Gasteiger partial charge on any atom is 0.387 e. The zero-order valence-corrected chi connectivity index (χ0v) is 16.8. The van der Waals surface area contributed by atoms with Gasteiger partial charge in [0.15, 0.2) is 11.5 Å². The molecule has 0 unspecified atom stereocenters. The summed E-state index contributed by atoms with van der Waals surface area (Å²) in [7, 11) is 0. The van der Waals surface area contributed by atoms with Crippen LogP contribution in [-0.4, -0.2) is 12.5 Å². The summed E-state index contributed by atoms with van der Waals surface area (Å²) in [6.45, 7) is -3.17. The molecule has 5 nitrogen and oxygen atoms in total. The van der Waals surface area contributed by atoms with E-state index in [2.05, 4.69) is 26.0 Å². The molecule has 3 aromatic rings. The van der Waals surface area contributed by atoms with Crippen LogP contribution in [0.5, 0.6) is 11.5 Å². The van der Waals surface area contributed by atoms with Gasteiger partial charge >= 0.3 is 6.61 Å². The predicted molar refractivity (Wildman–Crippen MR) is 103 cm³/mol. The molecule has 29 heavy (non-hydrogen) atoms. The van der Waals surface area contributed by atoms with Crippen LogP contribution in [0.2, 0.25) is 5.02 Å². The van der Waals surface area contributed by atoms with Crippen LogP contribution in [-0.2, 0) is 6.61 Å². The first kappa shape index (κ1) is 21.1. The summed E-state index contributed by atoms with van der Waals surface area (Å²) in [6, 6.07) is 10.8. The second-order valence-corrected chi connectivity index (χ2v) is 6.93. The lowest BCUT2D eigenvalue weighted by molar-refractivity contribution is -0.0495. The van der Waals surface area contributed by atoms with Crippen LogP contribution >= 0.6 is 27.5 Å². The lowest BCUT2D eigenvalue weighted by Gasteiger charge is -2.11. The van der Waals surface area contributed by atoms with Crippen LogP contribution in [0.3, 0.4) is 0 Å². The highest BCUT2D eigenvalue weighted by atomic mass is 79.9. The molecule has 0 bridgehead atoms. The Kier molecular flexibility index (Phi) is 6.71. The van der Waals surface area contributed by atoms with Crippen LogP contribution in [0.4, 0.5) is 18.9 Å². The fraction of sp³-hybridized carbons (Fsp3) is 0.105. The Morgan fingerprint density at radius 3 is 2.66 bits per heavy atom. The first-order chi connectivity index (χ1) is 13.8. The van der Waals surface area contributed by atoms with Crippen molar-refractivity contribution in [3.63, 3.8) is 0 Å². The normalized spacial score (nSPS) is 10.8. The molecule has 0 aliphatic heterocycles. The Balaban J connectivity index is 1.66. The van der Waals surface area contributed by atoms with Crippen molar-refractivity contribution in [2.75, 3.05) is 5.32 Å². The van der Waals surface area contributed by atoms with Crippen LogP contribution in [0.1, 0.15) is 16.3 Å². The number of alkyl halides is 2. The van der Waals surface area contributed by atoms with Gasteiger partial charge in [0.1, 0.15) is 23.9 Å². The summed E-state index contributed by atoms with van der Waals surface area (Å²) in [6.07, 6.45) is 0. The molecule has 10 heteroatoms. The van der Waals surface area contributed by atoms with Gasteiger partial charge in [0, 0.05) is 10.5 Å². The summed E-state index contributed by atoms with van der Waals surface area (Å²) in [4.78, 5) is 12.3. The fourth-order valence-electron chi connectivity index (χ4n) is 2.30. The molecule has 0 aliphatic rings. The van der Waals surface area contributed by atoms with Crippen LogP contribution in [0, 0.1) is 5.82 Å². The average molecular weight is 491 g/mol. The molecular weight excluding hydrogens is 479 g/mol. The number of benzene rings is 2. The topological polar surface area (TPSA) is 60.7 Å². The van der Waals surface area contributed by atoms with Gasteiger partial charge in [-0.3, -0.25) is 4.79 Å². The van der Waals surface area contributed by atoms with E-state index in [-0.39, 0.29) is 18.1 Å². The maximum absolute atomic E-state index is 13.3. The lowest BCUT2D eigenvalue weighted by Crippen LogP contribution is -2.13. The lowest BCUT2D eigenvalue weighted by atomic mass is 10.2. The Morgan fingerprint density at radius 2 is 1.93 bits per heavy atom. The number of rotatable bonds is 7. The van der Waals surface area contributed by atoms with Crippen LogP contribution in [0.25, 0.3) is 0 Å². The molecule has 1 N–H and O–H groups in total. The van der Waals surface area contributed by atoms with Crippen molar-refractivity contribution in [2.45, 2.75) is 13.2 Å². The zero-order chi connectivity index (χ0) is 21.0. The van der Waals surface area contributed by atoms with Gasteiger partial charge in [-0.2, -0.15) is 8.78 Å².